The lowest BCUT2D eigenvalue weighted by molar-refractivity contribution is -0.120. The lowest BCUT2D eigenvalue weighted by Crippen LogP contribution is -2.31. The predicted octanol–water partition coefficient (Wildman–Crippen LogP) is 2.96. The molecule has 2 aliphatic carbocycles. The van der Waals surface area contributed by atoms with Crippen LogP contribution in [0.4, 0.5) is 0 Å². The van der Waals surface area contributed by atoms with Crippen LogP contribution in [-0.4, -0.2) is 5.78 Å². The van der Waals surface area contributed by atoms with E-state index in [1.807, 2.05) is 0 Å². The van der Waals surface area contributed by atoms with Crippen LogP contribution >= 0.6 is 0 Å². The summed E-state index contributed by atoms with van der Waals surface area (Å²) in [5.41, 5.74) is 1.38. The third-order valence-corrected chi connectivity index (χ3v) is 3.53. The Kier molecular flexibility index (Phi) is 1.86. The van der Waals surface area contributed by atoms with Gasteiger partial charge in [0, 0.05) is 6.42 Å². The fourth-order valence-electron chi connectivity index (χ4n) is 2.77. The standard InChI is InChI=1S/C12H18O/c1-8-4-5-9-10(8)6-12(2,3)7-11(9)13/h5,8,10H,4,6-7H2,1-3H3/t8-,10-/m0/s1. The van der Waals surface area contributed by atoms with Crippen molar-refractivity contribution in [3.05, 3.63) is 11.6 Å². The lowest BCUT2D eigenvalue weighted by atomic mass is 9.68. The first-order valence-electron chi connectivity index (χ1n) is 5.23. The number of fused-ring (bicyclic) bond motifs is 1. The van der Waals surface area contributed by atoms with Crippen molar-refractivity contribution < 1.29 is 4.79 Å². The summed E-state index contributed by atoms with van der Waals surface area (Å²) < 4.78 is 0. The van der Waals surface area contributed by atoms with Crippen LogP contribution in [-0.2, 0) is 4.79 Å². The van der Waals surface area contributed by atoms with Crippen molar-refractivity contribution in [1.82, 2.24) is 0 Å². The molecule has 13 heavy (non-hydrogen) atoms. The second-order valence-electron chi connectivity index (χ2n) is 5.45. The van der Waals surface area contributed by atoms with E-state index in [0.29, 0.717) is 17.6 Å². The van der Waals surface area contributed by atoms with Crippen molar-refractivity contribution in [3.8, 4) is 0 Å². The van der Waals surface area contributed by atoms with E-state index in [0.717, 1.165) is 18.4 Å². The van der Waals surface area contributed by atoms with Crippen LogP contribution < -0.4 is 0 Å². The summed E-state index contributed by atoms with van der Waals surface area (Å²) >= 11 is 0. The third kappa shape index (κ3) is 1.45. The van der Waals surface area contributed by atoms with Crippen LogP contribution in [0, 0.1) is 17.3 Å². The van der Waals surface area contributed by atoms with Gasteiger partial charge in [0.05, 0.1) is 0 Å². The Balaban J connectivity index is 2.26. The van der Waals surface area contributed by atoms with Gasteiger partial charge in [0.25, 0.3) is 0 Å². The molecule has 0 N–H and O–H groups in total. The molecule has 0 bridgehead atoms. The van der Waals surface area contributed by atoms with Gasteiger partial charge >= 0.3 is 0 Å². The van der Waals surface area contributed by atoms with Gasteiger partial charge in [0.2, 0.25) is 0 Å². The molecule has 0 amide bonds. The summed E-state index contributed by atoms with van der Waals surface area (Å²) in [5.74, 6) is 1.67. The van der Waals surface area contributed by atoms with Crippen LogP contribution in [0.5, 0.6) is 0 Å². The minimum Gasteiger partial charge on any atom is -0.295 e. The fraction of sp³-hybridized carbons (Fsp3) is 0.750. The fourth-order valence-corrected chi connectivity index (χ4v) is 2.77. The summed E-state index contributed by atoms with van der Waals surface area (Å²) in [4.78, 5) is 11.8. The van der Waals surface area contributed by atoms with Crippen LogP contribution in [0.2, 0.25) is 0 Å². The van der Waals surface area contributed by atoms with E-state index in [9.17, 15) is 4.79 Å². The summed E-state index contributed by atoms with van der Waals surface area (Å²) in [6, 6.07) is 0. The summed E-state index contributed by atoms with van der Waals surface area (Å²) in [6.45, 7) is 6.70. The maximum Gasteiger partial charge on any atom is 0.159 e. The lowest BCUT2D eigenvalue weighted by Gasteiger charge is -2.35. The van der Waals surface area contributed by atoms with Crippen molar-refractivity contribution in [2.75, 3.05) is 0 Å². The van der Waals surface area contributed by atoms with E-state index < -0.39 is 0 Å². The van der Waals surface area contributed by atoms with E-state index in [4.69, 9.17) is 0 Å². The number of Topliss-reactive ketones (excluding diaryl/α,β-unsaturated/α-hetero) is 1. The van der Waals surface area contributed by atoms with Gasteiger partial charge in [-0.3, -0.25) is 4.79 Å². The monoisotopic (exact) mass is 178 g/mol. The third-order valence-electron chi connectivity index (χ3n) is 3.53. The molecule has 1 saturated carbocycles. The Hall–Kier alpha value is -0.590. The molecule has 1 heteroatoms. The smallest absolute Gasteiger partial charge is 0.159 e. The van der Waals surface area contributed by atoms with Gasteiger partial charge in [-0.25, -0.2) is 0 Å². The minimum atomic E-state index is 0.234. The number of rotatable bonds is 0. The maximum atomic E-state index is 11.8. The Bertz CT molecular complexity index is 273. The highest BCUT2D eigenvalue weighted by Crippen LogP contribution is 2.46. The predicted molar refractivity (Wildman–Crippen MR) is 53.4 cm³/mol. The Morgan fingerprint density at radius 2 is 2.15 bits per heavy atom. The van der Waals surface area contributed by atoms with Gasteiger partial charge in [-0.05, 0) is 35.7 Å². The molecule has 0 aromatic carbocycles. The van der Waals surface area contributed by atoms with E-state index in [1.165, 1.54) is 6.42 Å². The van der Waals surface area contributed by atoms with Gasteiger partial charge in [0.1, 0.15) is 0 Å². The number of hydrogen-bond donors (Lipinski definition) is 0. The maximum absolute atomic E-state index is 11.8. The molecule has 72 valence electrons. The van der Waals surface area contributed by atoms with Gasteiger partial charge in [-0.2, -0.15) is 0 Å². The normalized spacial score (nSPS) is 37.2. The average Bonchev–Trinajstić information content (AvgIpc) is 2.30. The van der Waals surface area contributed by atoms with Crippen LogP contribution in [0.15, 0.2) is 11.6 Å². The van der Waals surface area contributed by atoms with Gasteiger partial charge in [0.15, 0.2) is 5.78 Å². The number of carbonyl (C=O) groups excluding carboxylic acids is 1. The molecule has 0 spiro atoms. The Labute approximate surface area is 80.2 Å². The number of hydrogen-bond acceptors (Lipinski definition) is 1. The first-order valence-corrected chi connectivity index (χ1v) is 5.23. The molecular weight excluding hydrogens is 160 g/mol. The van der Waals surface area contributed by atoms with E-state index in [-0.39, 0.29) is 5.41 Å². The molecule has 0 heterocycles. The second-order valence-corrected chi connectivity index (χ2v) is 5.45. The minimum absolute atomic E-state index is 0.234. The first kappa shape index (κ1) is 8.98. The topological polar surface area (TPSA) is 17.1 Å². The largest absolute Gasteiger partial charge is 0.295 e. The highest BCUT2D eigenvalue weighted by molar-refractivity contribution is 5.97. The highest BCUT2D eigenvalue weighted by atomic mass is 16.1. The zero-order chi connectivity index (χ0) is 9.64. The highest BCUT2D eigenvalue weighted by Gasteiger charge is 2.40. The SMILES string of the molecule is C[C@H]1CC=C2C(=O)CC(C)(C)C[C@H]21. The quantitative estimate of drug-likeness (QED) is 0.557. The van der Waals surface area contributed by atoms with E-state index >= 15 is 0 Å². The van der Waals surface area contributed by atoms with Crippen molar-refractivity contribution >= 4 is 5.78 Å². The average molecular weight is 178 g/mol. The zero-order valence-corrected chi connectivity index (χ0v) is 8.76. The van der Waals surface area contributed by atoms with Crippen LogP contribution in [0.25, 0.3) is 0 Å². The summed E-state index contributed by atoms with van der Waals surface area (Å²) in [6.07, 6.45) is 5.24. The Morgan fingerprint density at radius 3 is 2.85 bits per heavy atom. The molecule has 2 aliphatic rings. The first-order chi connectivity index (χ1) is 5.99. The summed E-state index contributed by atoms with van der Waals surface area (Å²) in [5, 5.41) is 0. The molecule has 2 atom stereocenters. The van der Waals surface area contributed by atoms with Crippen LogP contribution in [0.1, 0.15) is 40.0 Å². The number of allylic oxidation sites excluding steroid dienone is 2. The van der Waals surface area contributed by atoms with Crippen LogP contribution in [0.3, 0.4) is 0 Å². The number of carbonyl (C=O) groups is 1. The summed E-state index contributed by atoms with van der Waals surface area (Å²) in [7, 11) is 0. The van der Waals surface area contributed by atoms with Crippen molar-refractivity contribution in [2.24, 2.45) is 17.3 Å². The molecule has 1 nitrogen and oxygen atoms in total. The van der Waals surface area contributed by atoms with Crippen molar-refractivity contribution in [1.29, 1.82) is 0 Å². The molecule has 0 radical (unpaired) electrons. The molecule has 0 unspecified atom stereocenters. The molecule has 0 saturated heterocycles. The van der Waals surface area contributed by atoms with Crippen molar-refractivity contribution in [2.45, 2.75) is 40.0 Å². The van der Waals surface area contributed by atoms with Gasteiger partial charge in [-0.15, -0.1) is 0 Å². The molecule has 0 aromatic heterocycles. The molecule has 0 aromatic rings. The van der Waals surface area contributed by atoms with Crippen molar-refractivity contribution in [3.63, 3.8) is 0 Å². The zero-order valence-electron chi connectivity index (χ0n) is 8.76. The van der Waals surface area contributed by atoms with E-state index in [1.54, 1.807) is 0 Å². The molecule has 0 aliphatic heterocycles. The Morgan fingerprint density at radius 1 is 1.46 bits per heavy atom. The molecular formula is C12H18O. The molecule has 1 fully saturated rings. The molecule has 2 rings (SSSR count). The van der Waals surface area contributed by atoms with Gasteiger partial charge < -0.3 is 0 Å². The number of ketones is 1. The van der Waals surface area contributed by atoms with E-state index in [2.05, 4.69) is 26.8 Å². The second kappa shape index (κ2) is 2.70. The van der Waals surface area contributed by atoms with Gasteiger partial charge in [-0.1, -0.05) is 26.8 Å².